The molecule has 0 aliphatic rings. The number of aryl methyl sites for hydroxylation is 1. The topological polar surface area (TPSA) is 149 Å². The minimum absolute atomic E-state index is 0.0367. The maximum absolute atomic E-state index is 12.1. The zero-order valence-electron chi connectivity index (χ0n) is 16.9. The molecule has 2 aromatic heterocycles. The molecular formula is C22H20N6O3. The van der Waals surface area contributed by atoms with Gasteiger partial charge < -0.3 is 21.9 Å². The lowest BCUT2D eigenvalue weighted by atomic mass is 10.1. The smallest absolute Gasteiger partial charge is 0.254 e. The van der Waals surface area contributed by atoms with Gasteiger partial charge in [-0.2, -0.15) is 0 Å². The van der Waals surface area contributed by atoms with Crippen molar-refractivity contribution in [2.75, 3.05) is 11.1 Å². The van der Waals surface area contributed by atoms with E-state index in [0.717, 1.165) is 5.56 Å². The van der Waals surface area contributed by atoms with E-state index in [-0.39, 0.29) is 28.6 Å². The molecular weight excluding hydrogens is 396 g/mol. The Hall–Kier alpha value is -4.40. The Bertz CT molecular complexity index is 1360. The summed E-state index contributed by atoms with van der Waals surface area (Å²) in [5.74, 6) is -0.797. The zero-order chi connectivity index (χ0) is 22.3. The summed E-state index contributed by atoms with van der Waals surface area (Å²) in [6.45, 7) is 3.27. The summed E-state index contributed by atoms with van der Waals surface area (Å²) >= 11 is 0. The first-order valence-corrected chi connectivity index (χ1v) is 9.41. The second kappa shape index (κ2) is 7.45. The van der Waals surface area contributed by atoms with E-state index in [1.165, 1.54) is 19.2 Å². The van der Waals surface area contributed by atoms with Crippen molar-refractivity contribution in [3.63, 3.8) is 0 Å². The monoisotopic (exact) mass is 416 g/mol. The number of hydrogen-bond donors (Lipinski definition) is 4. The van der Waals surface area contributed by atoms with Gasteiger partial charge in [-0.1, -0.05) is 18.2 Å². The van der Waals surface area contributed by atoms with Crippen molar-refractivity contribution in [3.8, 4) is 22.7 Å². The van der Waals surface area contributed by atoms with Crippen LogP contribution in [0.15, 0.2) is 48.7 Å². The fourth-order valence-electron chi connectivity index (χ4n) is 3.48. The summed E-state index contributed by atoms with van der Waals surface area (Å²) in [5, 5.41) is 12.7. The predicted octanol–water partition coefficient (Wildman–Crippen LogP) is 2.74. The molecule has 0 unspecified atom stereocenters. The molecule has 31 heavy (non-hydrogen) atoms. The van der Waals surface area contributed by atoms with Gasteiger partial charge in [-0.05, 0) is 30.7 Å². The largest absolute Gasteiger partial charge is 0.508 e. The molecule has 6 N–H and O–H groups in total. The number of nitrogens with one attached hydrogen (secondary N) is 1. The van der Waals surface area contributed by atoms with Gasteiger partial charge in [0.05, 0.1) is 17.6 Å². The van der Waals surface area contributed by atoms with Gasteiger partial charge in [0.15, 0.2) is 5.65 Å². The minimum Gasteiger partial charge on any atom is -0.508 e. The first kappa shape index (κ1) is 19.9. The number of primary amides is 1. The third-order valence-electron chi connectivity index (χ3n) is 4.86. The minimum atomic E-state index is -0.728. The second-order valence-corrected chi connectivity index (χ2v) is 7.12. The molecule has 2 amide bonds. The predicted molar refractivity (Wildman–Crippen MR) is 118 cm³/mol. The highest BCUT2D eigenvalue weighted by Crippen LogP contribution is 2.33. The molecule has 0 aliphatic carbocycles. The molecule has 0 atom stereocenters. The second-order valence-electron chi connectivity index (χ2n) is 7.12. The van der Waals surface area contributed by atoms with E-state index in [9.17, 15) is 14.7 Å². The molecule has 2 heterocycles. The van der Waals surface area contributed by atoms with Crippen LogP contribution >= 0.6 is 0 Å². The first-order chi connectivity index (χ1) is 14.8. The number of phenolic OH excluding ortho intramolecular Hbond substituents is 1. The lowest BCUT2D eigenvalue weighted by Gasteiger charge is -2.12. The van der Waals surface area contributed by atoms with E-state index in [1.807, 2.05) is 13.0 Å². The van der Waals surface area contributed by atoms with Crippen LogP contribution in [0.3, 0.4) is 0 Å². The Morgan fingerprint density at radius 1 is 1.16 bits per heavy atom. The number of rotatable bonds is 4. The Kier molecular flexibility index (Phi) is 4.78. The van der Waals surface area contributed by atoms with Gasteiger partial charge in [0.25, 0.3) is 5.91 Å². The van der Waals surface area contributed by atoms with Gasteiger partial charge in [-0.3, -0.25) is 14.2 Å². The number of anilines is 2. The summed E-state index contributed by atoms with van der Waals surface area (Å²) in [7, 11) is 0. The number of nitrogen functional groups attached to an aromatic ring is 1. The Morgan fingerprint density at radius 2 is 1.94 bits per heavy atom. The number of aromatic nitrogens is 3. The molecule has 9 nitrogen and oxygen atoms in total. The van der Waals surface area contributed by atoms with E-state index < -0.39 is 5.91 Å². The first-order valence-electron chi connectivity index (χ1n) is 9.41. The molecule has 4 aromatic rings. The highest BCUT2D eigenvalue weighted by molar-refractivity contribution is 6.09. The average molecular weight is 416 g/mol. The third kappa shape index (κ3) is 3.52. The van der Waals surface area contributed by atoms with Crippen molar-refractivity contribution in [2.45, 2.75) is 13.8 Å². The van der Waals surface area contributed by atoms with Crippen molar-refractivity contribution in [1.29, 1.82) is 0 Å². The SMILES string of the molecule is CC(=O)Nc1cccc(-c2cnc3c(C(N)=O)c(N)n(-c4cc(O)ccc4C)c3n2)c1. The summed E-state index contributed by atoms with van der Waals surface area (Å²) in [6, 6.07) is 12.0. The fraction of sp³-hybridized carbons (Fsp3) is 0.0909. The van der Waals surface area contributed by atoms with Crippen LogP contribution in [-0.2, 0) is 4.79 Å². The summed E-state index contributed by atoms with van der Waals surface area (Å²) < 4.78 is 1.55. The number of nitrogens with two attached hydrogens (primary N) is 2. The summed E-state index contributed by atoms with van der Waals surface area (Å²) in [5.41, 5.74) is 15.7. The molecule has 0 radical (unpaired) electrons. The van der Waals surface area contributed by atoms with E-state index in [0.29, 0.717) is 28.3 Å². The van der Waals surface area contributed by atoms with Gasteiger partial charge in [0.2, 0.25) is 5.91 Å². The number of benzene rings is 2. The molecule has 0 aliphatic heterocycles. The quantitative estimate of drug-likeness (QED) is 0.402. The third-order valence-corrected chi connectivity index (χ3v) is 4.86. The van der Waals surface area contributed by atoms with Crippen LogP contribution in [0.1, 0.15) is 22.8 Å². The van der Waals surface area contributed by atoms with Crippen molar-refractivity contribution < 1.29 is 14.7 Å². The van der Waals surface area contributed by atoms with Crippen LogP contribution in [-0.4, -0.2) is 31.5 Å². The number of carbonyl (C=O) groups is 2. The van der Waals surface area contributed by atoms with E-state index in [1.54, 1.807) is 34.9 Å². The van der Waals surface area contributed by atoms with Gasteiger partial charge >= 0.3 is 0 Å². The number of nitrogens with zero attached hydrogens (tertiary/aromatic N) is 3. The number of fused-ring (bicyclic) bond motifs is 1. The van der Waals surface area contributed by atoms with Crippen LogP contribution in [0.4, 0.5) is 11.5 Å². The lowest BCUT2D eigenvalue weighted by Crippen LogP contribution is -2.14. The zero-order valence-corrected chi connectivity index (χ0v) is 16.9. The van der Waals surface area contributed by atoms with Gasteiger partial charge in [-0.25, -0.2) is 9.97 Å². The van der Waals surface area contributed by atoms with Crippen LogP contribution in [0, 0.1) is 6.92 Å². The van der Waals surface area contributed by atoms with Gasteiger partial charge in [-0.15, -0.1) is 0 Å². The van der Waals surface area contributed by atoms with Crippen molar-refractivity contribution in [2.24, 2.45) is 5.73 Å². The molecule has 0 spiro atoms. The summed E-state index contributed by atoms with van der Waals surface area (Å²) in [4.78, 5) is 32.6. The number of carbonyl (C=O) groups excluding carboxylic acids is 2. The fourth-order valence-corrected chi connectivity index (χ4v) is 3.48. The standard InChI is InChI=1S/C22H20N6O3/c1-11-6-7-15(30)9-17(11)28-20(23)18(21(24)31)19-22(28)27-16(10-25-19)13-4-3-5-14(8-13)26-12(2)29/h3-10,30H,23H2,1-2H3,(H2,24,31)(H,26,29). The molecule has 9 heteroatoms. The van der Waals surface area contributed by atoms with Crippen LogP contribution in [0.25, 0.3) is 28.1 Å². The maximum Gasteiger partial charge on any atom is 0.254 e. The van der Waals surface area contributed by atoms with Gasteiger partial charge in [0.1, 0.15) is 22.6 Å². The van der Waals surface area contributed by atoms with E-state index >= 15 is 0 Å². The van der Waals surface area contributed by atoms with Crippen molar-refractivity contribution in [1.82, 2.24) is 14.5 Å². The van der Waals surface area contributed by atoms with Gasteiger partial charge in [0, 0.05) is 24.2 Å². The number of hydrogen-bond acceptors (Lipinski definition) is 6. The van der Waals surface area contributed by atoms with E-state index in [2.05, 4.69) is 10.3 Å². The number of amides is 2. The Labute approximate surface area is 177 Å². The molecule has 156 valence electrons. The molecule has 0 saturated heterocycles. The molecule has 0 saturated carbocycles. The number of phenols is 1. The van der Waals surface area contributed by atoms with Crippen LogP contribution in [0.5, 0.6) is 5.75 Å². The molecule has 0 bridgehead atoms. The highest BCUT2D eigenvalue weighted by Gasteiger charge is 2.24. The molecule has 2 aromatic carbocycles. The molecule has 0 fully saturated rings. The Balaban J connectivity index is 1.98. The van der Waals surface area contributed by atoms with E-state index in [4.69, 9.17) is 16.5 Å². The maximum atomic E-state index is 12.1. The highest BCUT2D eigenvalue weighted by atomic mass is 16.3. The van der Waals surface area contributed by atoms with Crippen molar-refractivity contribution >= 4 is 34.5 Å². The van der Waals surface area contributed by atoms with Crippen LogP contribution < -0.4 is 16.8 Å². The average Bonchev–Trinajstić information content (AvgIpc) is 3.00. The van der Waals surface area contributed by atoms with Crippen molar-refractivity contribution in [3.05, 3.63) is 59.8 Å². The van der Waals surface area contributed by atoms with Crippen LogP contribution in [0.2, 0.25) is 0 Å². The Morgan fingerprint density at radius 3 is 2.65 bits per heavy atom. The lowest BCUT2D eigenvalue weighted by molar-refractivity contribution is -0.114. The molecule has 4 rings (SSSR count). The summed E-state index contributed by atoms with van der Waals surface area (Å²) in [6.07, 6.45) is 1.51. The number of aromatic hydroxyl groups is 1. The normalized spacial score (nSPS) is 10.9.